The first-order valence-corrected chi connectivity index (χ1v) is 6.53. The van der Waals surface area contributed by atoms with E-state index in [-0.39, 0.29) is 16.8 Å². The number of nitro benzene ring substituents is 1. The van der Waals surface area contributed by atoms with Crippen LogP contribution in [0, 0.1) is 10.1 Å². The Hall–Kier alpha value is -3.23. The number of nitrogens with one attached hydrogen (secondary N) is 1. The van der Waals surface area contributed by atoms with E-state index in [9.17, 15) is 28.1 Å². The predicted octanol–water partition coefficient (Wildman–Crippen LogP) is 3.38. The van der Waals surface area contributed by atoms with Gasteiger partial charge in [0.15, 0.2) is 0 Å². The van der Waals surface area contributed by atoms with Gasteiger partial charge in [-0.3, -0.25) is 14.9 Å². The average Bonchev–Trinajstić information content (AvgIpc) is 2.54. The molecule has 0 fully saturated rings. The zero-order valence-corrected chi connectivity index (χ0v) is 11.9. The third kappa shape index (κ3) is 4.15. The quantitative estimate of drug-likeness (QED) is 0.527. The Morgan fingerprint density at radius 3 is 2.54 bits per heavy atom. The third-order valence-corrected chi connectivity index (χ3v) is 2.96. The van der Waals surface area contributed by atoms with Crippen LogP contribution in [0.4, 0.5) is 18.9 Å². The van der Waals surface area contributed by atoms with Crippen molar-refractivity contribution in [2.75, 3.05) is 0 Å². The lowest BCUT2D eigenvalue weighted by molar-refractivity contribution is -0.385. The first kappa shape index (κ1) is 17.1. The molecule has 0 aliphatic heterocycles. The van der Waals surface area contributed by atoms with Crippen LogP contribution < -0.4 is 5.43 Å². The van der Waals surface area contributed by atoms with Crippen molar-refractivity contribution in [3.63, 3.8) is 0 Å². The summed E-state index contributed by atoms with van der Waals surface area (Å²) in [6, 6.07) is 9.52. The number of hydrogen-bond acceptors (Lipinski definition) is 4. The van der Waals surface area contributed by atoms with Crippen molar-refractivity contribution in [1.82, 2.24) is 5.43 Å². The van der Waals surface area contributed by atoms with Gasteiger partial charge in [-0.05, 0) is 24.3 Å². The van der Waals surface area contributed by atoms with Gasteiger partial charge >= 0.3 is 6.18 Å². The van der Waals surface area contributed by atoms with Gasteiger partial charge in [0.2, 0.25) is 0 Å². The zero-order chi connectivity index (χ0) is 17.7. The second kappa shape index (κ2) is 6.90. The highest BCUT2D eigenvalue weighted by Gasteiger charge is 2.30. The normalized spacial score (nSPS) is 11.5. The van der Waals surface area contributed by atoms with E-state index in [1.54, 1.807) is 6.07 Å². The Kier molecular flexibility index (Phi) is 4.93. The van der Waals surface area contributed by atoms with Crippen molar-refractivity contribution in [3.05, 3.63) is 75.3 Å². The second-order valence-corrected chi connectivity index (χ2v) is 4.59. The fourth-order valence-corrected chi connectivity index (χ4v) is 1.82. The Balaban J connectivity index is 2.13. The van der Waals surface area contributed by atoms with E-state index < -0.39 is 22.6 Å². The van der Waals surface area contributed by atoms with Crippen molar-refractivity contribution in [2.45, 2.75) is 6.18 Å². The van der Waals surface area contributed by atoms with Crippen LogP contribution >= 0.6 is 0 Å². The molecule has 6 nitrogen and oxygen atoms in total. The SMILES string of the molecule is O=C(N/N=C\c1ccccc1[N+](=O)[O-])c1cccc(C(F)(F)F)c1. The van der Waals surface area contributed by atoms with Crippen LogP contribution in [-0.4, -0.2) is 17.0 Å². The van der Waals surface area contributed by atoms with Crippen LogP contribution in [0.25, 0.3) is 0 Å². The number of nitrogens with zero attached hydrogens (tertiary/aromatic N) is 2. The summed E-state index contributed by atoms with van der Waals surface area (Å²) in [5, 5.41) is 14.4. The standard InChI is InChI=1S/C15H10F3N3O3/c16-15(17,18)12-6-3-5-10(8-12)14(22)20-19-9-11-4-1-2-7-13(11)21(23)24/h1-9H,(H,20,22)/b19-9-. The summed E-state index contributed by atoms with van der Waals surface area (Å²) >= 11 is 0. The van der Waals surface area contributed by atoms with Gasteiger partial charge in [-0.1, -0.05) is 18.2 Å². The molecule has 0 spiro atoms. The predicted molar refractivity (Wildman–Crippen MR) is 79.6 cm³/mol. The van der Waals surface area contributed by atoms with Crippen LogP contribution in [-0.2, 0) is 6.18 Å². The van der Waals surface area contributed by atoms with E-state index in [0.717, 1.165) is 18.3 Å². The van der Waals surface area contributed by atoms with Gasteiger partial charge in [-0.25, -0.2) is 5.43 Å². The number of carbonyl (C=O) groups is 1. The van der Waals surface area contributed by atoms with Crippen LogP contribution in [0.5, 0.6) is 0 Å². The lowest BCUT2D eigenvalue weighted by Gasteiger charge is -2.07. The summed E-state index contributed by atoms with van der Waals surface area (Å²) < 4.78 is 37.8. The number of rotatable bonds is 4. The molecule has 0 aliphatic carbocycles. The number of hydrogen-bond donors (Lipinski definition) is 1. The molecule has 24 heavy (non-hydrogen) atoms. The van der Waals surface area contributed by atoms with Crippen molar-refractivity contribution in [1.29, 1.82) is 0 Å². The highest BCUT2D eigenvalue weighted by molar-refractivity contribution is 5.95. The molecule has 2 aromatic carbocycles. The van der Waals surface area contributed by atoms with Crippen LogP contribution in [0.1, 0.15) is 21.5 Å². The lowest BCUT2D eigenvalue weighted by atomic mass is 10.1. The van der Waals surface area contributed by atoms with Gasteiger partial charge in [-0.2, -0.15) is 18.3 Å². The number of carbonyl (C=O) groups excluding carboxylic acids is 1. The molecule has 0 unspecified atom stereocenters. The summed E-state index contributed by atoms with van der Waals surface area (Å²) in [6.45, 7) is 0. The van der Waals surface area contributed by atoms with Gasteiger partial charge in [0, 0.05) is 11.6 Å². The van der Waals surface area contributed by atoms with Crippen LogP contribution in [0.3, 0.4) is 0 Å². The molecule has 0 aromatic heterocycles. The average molecular weight is 337 g/mol. The summed E-state index contributed by atoms with van der Waals surface area (Å²) in [6.07, 6.45) is -3.52. The minimum atomic E-state index is -4.57. The van der Waals surface area contributed by atoms with Crippen LogP contribution in [0.2, 0.25) is 0 Å². The Morgan fingerprint density at radius 2 is 1.88 bits per heavy atom. The lowest BCUT2D eigenvalue weighted by Crippen LogP contribution is -2.18. The van der Waals surface area contributed by atoms with Gasteiger partial charge < -0.3 is 0 Å². The number of benzene rings is 2. The number of nitro groups is 1. The minimum Gasteiger partial charge on any atom is -0.267 e. The summed E-state index contributed by atoms with van der Waals surface area (Å²) in [4.78, 5) is 22.0. The summed E-state index contributed by atoms with van der Waals surface area (Å²) in [5.74, 6) is -0.865. The van der Waals surface area contributed by atoms with E-state index in [2.05, 4.69) is 5.10 Å². The first-order valence-electron chi connectivity index (χ1n) is 6.53. The summed E-state index contributed by atoms with van der Waals surface area (Å²) in [7, 11) is 0. The molecule has 0 heterocycles. The largest absolute Gasteiger partial charge is 0.416 e. The van der Waals surface area contributed by atoms with E-state index in [4.69, 9.17) is 0 Å². The van der Waals surface area contributed by atoms with E-state index in [1.165, 1.54) is 24.3 Å². The zero-order valence-electron chi connectivity index (χ0n) is 11.9. The van der Waals surface area contributed by atoms with Crippen molar-refractivity contribution < 1.29 is 22.9 Å². The number of para-hydroxylation sites is 1. The van der Waals surface area contributed by atoms with Gasteiger partial charge in [-0.15, -0.1) is 0 Å². The third-order valence-electron chi connectivity index (χ3n) is 2.96. The number of amides is 1. The van der Waals surface area contributed by atoms with Crippen molar-refractivity contribution in [2.24, 2.45) is 5.10 Å². The molecule has 1 N–H and O–H groups in total. The molecule has 2 aromatic rings. The number of halogens is 3. The van der Waals surface area contributed by atoms with Gasteiger partial charge in [0.05, 0.1) is 22.3 Å². The van der Waals surface area contributed by atoms with E-state index in [0.29, 0.717) is 6.07 Å². The molecule has 0 radical (unpaired) electrons. The Morgan fingerprint density at radius 1 is 1.17 bits per heavy atom. The Bertz CT molecular complexity index is 804. The fourth-order valence-electron chi connectivity index (χ4n) is 1.82. The molecular formula is C15H10F3N3O3. The molecule has 0 saturated heterocycles. The van der Waals surface area contributed by atoms with Gasteiger partial charge in [0.1, 0.15) is 0 Å². The highest BCUT2D eigenvalue weighted by atomic mass is 19.4. The topological polar surface area (TPSA) is 84.6 Å². The maximum absolute atomic E-state index is 12.6. The first-order chi connectivity index (χ1) is 11.3. The number of hydrazone groups is 1. The Labute approximate surface area is 133 Å². The second-order valence-electron chi connectivity index (χ2n) is 4.59. The monoisotopic (exact) mass is 337 g/mol. The summed E-state index contributed by atoms with van der Waals surface area (Å²) in [5.41, 5.74) is 0.772. The molecule has 2 rings (SSSR count). The van der Waals surface area contributed by atoms with Crippen LogP contribution in [0.15, 0.2) is 53.6 Å². The van der Waals surface area contributed by atoms with Crippen molar-refractivity contribution >= 4 is 17.8 Å². The molecule has 0 bridgehead atoms. The maximum atomic E-state index is 12.6. The fraction of sp³-hybridized carbons (Fsp3) is 0.0667. The molecule has 124 valence electrons. The van der Waals surface area contributed by atoms with Crippen molar-refractivity contribution in [3.8, 4) is 0 Å². The molecular weight excluding hydrogens is 327 g/mol. The molecule has 0 atom stereocenters. The van der Waals surface area contributed by atoms with Gasteiger partial charge in [0.25, 0.3) is 11.6 Å². The highest BCUT2D eigenvalue weighted by Crippen LogP contribution is 2.29. The molecule has 0 aliphatic rings. The smallest absolute Gasteiger partial charge is 0.267 e. The maximum Gasteiger partial charge on any atom is 0.416 e. The van der Waals surface area contributed by atoms with E-state index >= 15 is 0 Å². The number of alkyl halides is 3. The van der Waals surface area contributed by atoms with E-state index in [1.807, 2.05) is 5.43 Å². The molecule has 1 amide bonds. The minimum absolute atomic E-state index is 0.145. The molecule has 9 heteroatoms. The molecule has 0 saturated carbocycles.